The van der Waals surface area contributed by atoms with E-state index in [1.165, 1.54) is 6.42 Å². The minimum absolute atomic E-state index is 0.0520. The molecule has 7 nitrogen and oxygen atoms in total. The average molecular weight is 468 g/mol. The smallest absolute Gasteiger partial charge is 0.259 e. The van der Waals surface area contributed by atoms with Crippen molar-refractivity contribution < 1.29 is 19.4 Å². The SMILES string of the molecule is C[C@@H]1CN([C@H](C)CO)C(=O)c2cc(C#CC3CC3)cnc2O[C@H]1CN(C)C(=O)C1CCCCC1. The topological polar surface area (TPSA) is 83.0 Å². The van der Waals surface area contributed by atoms with Crippen LogP contribution >= 0.6 is 0 Å². The van der Waals surface area contributed by atoms with Crippen LogP contribution in [-0.4, -0.2) is 70.6 Å². The first-order valence-corrected chi connectivity index (χ1v) is 12.7. The number of hydrogen-bond acceptors (Lipinski definition) is 5. The number of ether oxygens (including phenoxy) is 1. The second-order valence-corrected chi connectivity index (χ2v) is 10.3. The van der Waals surface area contributed by atoms with E-state index >= 15 is 0 Å². The van der Waals surface area contributed by atoms with Crippen molar-refractivity contribution in [3.63, 3.8) is 0 Å². The molecule has 1 aromatic heterocycles. The number of carbonyl (C=O) groups excluding carboxylic acids is 2. The molecule has 4 rings (SSSR count). The fourth-order valence-electron chi connectivity index (χ4n) is 4.82. The van der Waals surface area contributed by atoms with Gasteiger partial charge in [-0.3, -0.25) is 9.59 Å². The Morgan fingerprint density at radius 2 is 2.03 bits per heavy atom. The van der Waals surface area contributed by atoms with E-state index in [9.17, 15) is 14.7 Å². The number of nitrogens with zero attached hydrogens (tertiary/aromatic N) is 3. The number of fused-ring (bicyclic) bond motifs is 1. The summed E-state index contributed by atoms with van der Waals surface area (Å²) in [4.78, 5) is 34.5. The van der Waals surface area contributed by atoms with Crippen molar-refractivity contribution in [3.8, 4) is 17.7 Å². The number of aromatic nitrogens is 1. The van der Waals surface area contributed by atoms with E-state index < -0.39 is 0 Å². The summed E-state index contributed by atoms with van der Waals surface area (Å²) in [5, 5.41) is 9.82. The predicted octanol–water partition coefficient (Wildman–Crippen LogP) is 3.10. The van der Waals surface area contributed by atoms with E-state index in [1.807, 2.05) is 20.9 Å². The second kappa shape index (κ2) is 10.8. The van der Waals surface area contributed by atoms with Crippen LogP contribution in [0.4, 0.5) is 0 Å². The fourth-order valence-corrected chi connectivity index (χ4v) is 4.82. The van der Waals surface area contributed by atoms with E-state index in [0.29, 0.717) is 30.1 Å². The van der Waals surface area contributed by atoms with Crippen molar-refractivity contribution in [3.05, 3.63) is 23.4 Å². The van der Waals surface area contributed by atoms with Crippen molar-refractivity contribution in [2.24, 2.45) is 17.8 Å². The van der Waals surface area contributed by atoms with Gasteiger partial charge < -0.3 is 19.6 Å². The number of hydrogen-bond donors (Lipinski definition) is 1. The third kappa shape index (κ3) is 5.72. The highest BCUT2D eigenvalue weighted by Crippen LogP contribution is 2.30. The van der Waals surface area contributed by atoms with Gasteiger partial charge in [-0.2, -0.15) is 0 Å². The molecule has 0 saturated heterocycles. The quantitative estimate of drug-likeness (QED) is 0.673. The molecule has 0 bridgehead atoms. The minimum atomic E-state index is -0.343. The zero-order chi connectivity index (χ0) is 24.2. The lowest BCUT2D eigenvalue weighted by Gasteiger charge is -2.38. The maximum Gasteiger partial charge on any atom is 0.259 e. The highest BCUT2D eigenvalue weighted by Gasteiger charge is 2.35. The predicted molar refractivity (Wildman–Crippen MR) is 129 cm³/mol. The van der Waals surface area contributed by atoms with Crippen molar-refractivity contribution in [1.29, 1.82) is 0 Å². The number of pyridine rings is 1. The maximum absolute atomic E-state index is 13.5. The highest BCUT2D eigenvalue weighted by molar-refractivity contribution is 5.97. The van der Waals surface area contributed by atoms with Crippen LogP contribution in [0.3, 0.4) is 0 Å². The lowest BCUT2D eigenvalue weighted by molar-refractivity contribution is -0.136. The molecule has 0 spiro atoms. The summed E-state index contributed by atoms with van der Waals surface area (Å²) in [5.74, 6) is 7.07. The summed E-state index contributed by atoms with van der Waals surface area (Å²) < 4.78 is 6.32. The second-order valence-electron chi connectivity index (χ2n) is 10.3. The van der Waals surface area contributed by atoms with Gasteiger partial charge in [0.2, 0.25) is 11.8 Å². The van der Waals surface area contributed by atoms with E-state index in [1.54, 1.807) is 22.1 Å². The molecular weight excluding hydrogens is 430 g/mol. The molecule has 0 unspecified atom stereocenters. The molecule has 2 aliphatic carbocycles. The third-order valence-corrected chi connectivity index (χ3v) is 7.30. The molecule has 184 valence electrons. The molecule has 34 heavy (non-hydrogen) atoms. The molecule has 3 atom stereocenters. The number of aliphatic hydroxyl groups excluding tert-OH is 1. The van der Waals surface area contributed by atoms with Gasteiger partial charge >= 0.3 is 0 Å². The zero-order valence-corrected chi connectivity index (χ0v) is 20.6. The molecule has 1 N–H and O–H groups in total. The Kier molecular flexibility index (Phi) is 7.77. The van der Waals surface area contributed by atoms with E-state index in [0.717, 1.165) is 38.5 Å². The Morgan fingerprint density at radius 3 is 2.71 bits per heavy atom. The van der Waals surface area contributed by atoms with Crippen LogP contribution in [0.25, 0.3) is 0 Å². The van der Waals surface area contributed by atoms with Gasteiger partial charge in [0.05, 0.1) is 19.2 Å². The van der Waals surface area contributed by atoms with Gasteiger partial charge in [-0.25, -0.2) is 4.98 Å². The summed E-state index contributed by atoms with van der Waals surface area (Å²) in [6.07, 6.45) is 8.92. The summed E-state index contributed by atoms with van der Waals surface area (Å²) >= 11 is 0. The molecule has 2 saturated carbocycles. The molecule has 0 radical (unpaired) electrons. The Balaban J connectivity index is 1.59. The lowest BCUT2D eigenvalue weighted by Crippen LogP contribution is -2.51. The Hall–Kier alpha value is -2.59. The van der Waals surface area contributed by atoms with Crippen LogP contribution in [0.2, 0.25) is 0 Å². The standard InChI is InChI=1S/C27H37N3O4/c1-18-15-30(19(2)17-31)27(33)23-13-21(12-11-20-9-10-20)14-28-25(23)34-24(18)16-29(3)26(32)22-7-5-4-6-8-22/h13-14,18-20,22,24,31H,4-10,15-17H2,1-3H3/t18-,19-,24+/m1/s1. The molecule has 7 heteroatoms. The van der Waals surface area contributed by atoms with Crippen molar-refractivity contribution in [2.75, 3.05) is 26.7 Å². The summed E-state index contributed by atoms with van der Waals surface area (Å²) in [6.45, 7) is 4.58. The van der Waals surface area contributed by atoms with Crippen molar-refractivity contribution in [2.45, 2.75) is 70.9 Å². The first-order chi connectivity index (χ1) is 16.4. The normalized spacial score (nSPS) is 24.1. The maximum atomic E-state index is 13.5. The molecule has 2 heterocycles. The Labute approximate surface area is 202 Å². The molecule has 1 aliphatic heterocycles. The first kappa shape index (κ1) is 24.5. The summed E-state index contributed by atoms with van der Waals surface area (Å²) in [7, 11) is 1.84. The Morgan fingerprint density at radius 1 is 1.29 bits per heavy atom. The van der Waals surface area contributed by atoms with Crippen LogP contribution in [0.1, 0.15) is 74.7 Å². The van der Waals surface area contributed by atoms with E-state index in [-0.39, 0.29) is 48.3 Å². The largest absolute Gasteiger partial charge is 0.472 e. The molecule has 0 aromatic carbocycles. The minimum Gasteiger partial charge on any atom is -0.472 e. The third-order valence-electron chi connectivity index (χ3n) is 7.30. The zero-order valence-electron chi connectivity index (χ0n) is 20.6. The van der Waals surface area contributed by atoms with Gasteiger partial charge in [-0.15, -0.1) is 0 Å². The first-order valence-electron chi connectivity index (χ1n) is 12.7. The van der Waals surface area contributed by atoms with Crippen LogP contribution < -0.4 is 4.74 Å². The number of likely N-dealkylation sites (N-methyl/N-ethyl adjacent to an activating group) is 1. The lowest BCUT2D eigenvalue weighted by atomic mass is 9.88. The number of carbonyl (C=O) groups is 2. The Bertz CT molecular complexity index is 958. The van der Waals surface area contributed by atoms with Gasteiger partial charge in [-0.1, -0.05) is 38.0 Å². The van der Waals surface area contributed by atoms with Crippen LogP contribution in [-0.2, 0) is 4.79 Å². The molecule has 2 fully saturated rings. The molecular formula is C27H37N3O4. The van der Waals surface area contributed by atoms with E-state index in [4.69, 9.17) is 4.74 Å². The van der Waals surface area contributed by atoms with Gasteiger partial charge in [0.25, 0.3) is 5.91 Å². The summed E-state index contributed by atoms with van der Waals surface area (Å²) in [6, 6.07) is 1.41. The fraction of sp³-hybridized carbons (Fsp3) is 0.667. The van der Waals surface area contributed by atoms with Crippen molar-refractivity contribution >= 4 is 11.8 Å². The van der Waals surface area contributed by atoms with E-state index in [2.05, 4.69) is 16.8 Å². The van der Waals surface area contributed by atoms with Crippen molar-refractivity contribution in [1.82, 2.24) is 14.8 Å². The number of aliphatic hydroxyl groups is 1. The molecule has 1 aromatic rings. The number of amides is 2. The van der Waals surface area contributed by atoms with Crippen LogP contribution in [0.5, 0.6) is 5.88 Å². The highest BCUT2D eigenvalue weighted by atomic mass is 16.5. The van der Waals surface area contributed by atoms with Gasteiger partial charge in [0, 0.05) is 43.1 Å². The van der Waals surface area contributed by atoms with Gasteiger partial charge in [0.1, 0.15) is 11.7 Å². The van der Waals surface area contributed by atoms with Gasteiger partial charge in [0.15, 0.2) is 0 Å². The van der Waals surface area contributed by atoms with Crippen LogP contribution in [0, 0.1) is 29.6 Å². The average Bonchev–Trinajstić information content (AvgIpc) is 3.69. The molecule has 3 aliphatic rings. The van der Waals surface area contributed by atoms with Gasteiger partial charge in [-0.05, 0) is 38.7 Å². The molecule has 2 amide bonds. The van der Waals surface area contributed by atoms with Crippen LogP contribution in [0.15, 0.2) is 12.3 Å². The summed E-state index contributed by atoms with van der Waals surface area (Å²) in [5.41, 5.74) is 1.05. The monoisotopic (exact) mass is 467 g/mol. The number of rotatable bonds is 5.